The molecule has 1 aromatic rings. The molecule has 5 nitrogen and oxygen atoms in total. The fourth-order valence-corrected chi connectivity index (χ4v) is 1.79. The summed E-state index contributed by atoms with van der Waals surface area (Å²) in [5, 5.41) is 4.28. The van der Waals surface area contributed by atoms with E-state index in [2.05, 4.69) is 5.32 Å². The molecule has 3 N–H and O–H groups in total. The lowest BCUT2D eigenvalue weighted by molar-refractivity contribution is -0.128. The summed E-state index contributed by atoms with van der Waals surface area (Å²) in [6, 6.07) is 1.67. The Kier molecular flexibility index (Phi) is 4.30. The predicted molar refractivity (Wildman–Crippen MR) is 64.4 cm³/mol. The molecule has 0 saturated heterocycles. The Balaban J connectivity index is 2.48. The standard InChI is InChI=1S/C10H15N3O2S/c1-3-13(2)8(14)6-12-10(15)9-7(11)4-5-16-9/h4-5H,3,6,11H2,1-2H3,(H,12,15). The van der Waals surface area contributed by atoms with Crippen LogP contribution in [-0.4, -0.2) is 36.9 Å². The third-order valence-corrected chi connectivity index (χ3v) is 3.13. The number of nitrogens with two attached hydrogens (primary N) is 1. The zero-order valence-electron chi connectivity index (χ0n) is 9.32. The molecular weight excluding hydrogens is 226 g/mol. The van der Waals surface area contributed by atoms with Crippen LogP contribution in [0.5, 0.6) is 0 Å². The Morgan fingerprint density at radius 2 is 2.25 bits per heavy atom. The highest BCUT2D eigenvalue weighted by Crippen LogP contribution is 2.17. The van der Waals surface area contributed by atoms with Crippen LogP contribution in [0.3, 0.4) is 0 Å². The Morgan fingerprint density at radius 1 is 1.56 bits per heavy atom. The topological polar surface area (TPSA) is 75.4 Å². The number of nitrogens with one attached hydrogen (secondary N) is 1. The van der Waals surface area contributed by atoms with Crippen LogP contribution < -0.4 is 11.1 Å². The van der Waals surface area contributed by atoms with Gasteiger partial charge in [0, 0.05) is 13.6 Å². The average Bonchev–Trinajstić information content (AvgIpc) is 2.70. The molecule has 0 saturated carbocycles. The van der Waals surface area contributed by atoms with Gasteiger partial charge >= 0.3 is 0 Å². The summed E-state index contributed by atoms with van der Waals surface area (Å²) >= 11 is 1.26. The molecule has 0 radical (unpaired) electrons. The Labute approximate surface area is 98.2 Å². The molecule has 0 atom stereocenters. The number of carbonyl (C=O) groups excluding carboxylic acids is 2. The lowest BCUT2D eigenvalue weighted by Gasteiger charge is -2.14. The molecule has 0 bridgehead atoms. The molecule has 0 aliphatic heterocycles. The van der Waals surface area contributed by atoms with Gasteiger partial charge in [0.05, 0.1) is 12.2 Å². The summed E-state index contributed by atoms with van der Waals surface area (Å²) in [6.07, 6.45) is 0. The van der Waals surface area contributed by atoms with Crippen molar-refractivity contribution in [2.75, 3.05) is 25.9 Å². The molecular formula is C10H15N3O2S. The van der Waals surface area contributed by atoms with Crippen molar-refractivity contribution in [3.05, 3.63) is 16.3 Å². The SMILES string of the molecule is CCN(C)C(=O)CNC(=O)c1sccc1N. The number of thiophene rings is 1. The van der Waals surface area contributed by atoms with Crippen molar-refractivity contribution >= 4 is 28.8 Å². The van der Waals surface area contributed by atoms with Gasteiger partial charge in [0.25, 0.3) is 5.91 Å². The van der Waals surface area contributed by atoms with Crippen LogP contribution in [0.1, 0.15) is 16.6 Å². The highest BCUT2D eigenvalue weighted by Gasteiger charge is 2.13. The summed E-state index contributed by atoms with van der Waals surface area (Å²) in [4.78, 5) is 25.0. The summed E-state index contributed by atoms with van der Waals surface area (Å²) in [7, 11) is 1.69. The van der Waals surface area contributed by atoms with E-state index in [1.165, 1.54) is 16.2 Å². The maximum Gasteiger partial charge on any atom is 0.263 e. The lowest BCUT2D eigenvalue weighted by atomic mass is 10.3. The maximum atomic E-state index is 11.6. The van der Waals surface area contributed by atoms with E-state index in [0.717, 1.165) is 0 Å². The van der Waals surface area contributed by atoms with E-state index in [9.17, 15) is 9.59 Å². The number of nitrogen functional groups attached to an aromatic ring is 1. The van der Waals surface area contributed by atoms with Crippen molar-refractivity contribution in [3.63, 3.8) is 0 Å². The van der Waals surface area contributed by atoms with Crippen molar-refractivity contribution in [2.45, 2.75) is 6.92 Å². The van der Waals surface area contributed by atoms with Gasteiger partial charge in [0.2, 0.25) is 5.91 Å². The van der Waals surface area contributed by atoms with Gasteiger partial charge in [-0.1, -0.05) is 0 Å². The molecule has 2 amide bonds. The molecule has 0 aliphatic rings. The van der Waals surface area contributed by atoms with Gasteiger partial charge in [-0.15, -0.1) is 11.3 Å². The van der Waals surface area contributed by atoms with Crippen molar-refractivity contribution < 1.29 is 9.59 Å². The molecule has 0 spiro atoms. The largest absolute Gasteiger partial charge is 0.397 e. The van der Waals surface area contributed by atoms with Crippen molar-refractivity contribution in [1.29, 1.82) is 0 Å². The molecule has 0 aromatic carbocycles. The molecule has 1 rings (SSSR count). The second-order valence-corrected chi connectivity index (χ2v) is 4.21. The van der Waals surface area contributed by atoms with E-state index >= 15 is 0 Å². The van der Waals surface area contributed by atoms with Crippen molar-refractivity contribution in [3.8, 4) is 0 Å². The highest BCUT2D eigenvalue weighted by molar-refractivity contribution is 7.12. The van der Waals surface area contributed by atoms with E-state index in [1.54, 1.807) is 18.5 Å². The fourth-order valence-electron chi connectivity index (χ4n) is 1.05. The Bertz CT molecular complexity index is 389. The van der Waals surface area contributed by atoms with Gasteiger partial charge in [-0.25, -0.2) is 0 Å². The molecule has 16 heavy (non-hydrogen) atoms. The summed E-state index contributed by atoms with van der Waals surface area (Å²) in [6.45, 7) is 2.49. The van der Waals surface area contributed by atoms with Gasteiger partial charge in [-0.05, 0) is 18.4 Å². The molecule has 1 aromatic heterocycles. The van der Waals surface area contributed by atoms with Crippen LogP contribution in [0.4, 0.5) is 5.69 Å². The number of nitrogens with zero attached hydrogens (tertiary/aromatic N) is 1. The maximum absolute atomic E-state index is 11.6. The third kappa shape index (κ3) is 2.96. The number of carbonyl (C=O) groups is 2. The number of rotatable bonds is 4. The van der Waals surface area contributed by atoms with Gasteiger partial charge in [0.15, 0.2) is 0 Å². The first-order valence-corrected chi connectivity index (χ1v) is 5.79. The van der Waals surface area contributed by atoms with Crippen LogP contribution >= 0.6 is 11.3 Å². The van der Waals surface area contributed by atoms with Crippen LogP contribution in [-0.2, 0) is 4.79 Å². The van der Waals surface area contributed by atoms with Gasteiger partial charge < -0.3 is 16.0 Å². The van der Waals surface area contributed by atoms with E-state index in [-0.39, 0.29) is 18.4 Å². The Morgan fingerprint density at radius 3 is 2.75 bits per heavy atom. The first-order valence-electron chi connectivity index (χ1n) is 4.91. The van der Waals surface area contributed by atoms with Gasteiger partial charge in [-0.2, -0.15) is 0 Å². The minimum atomic E-state index is -0.301. The molecule has 6 heteroatoms. The van der Waals surface area contributed by atoms with E-state index < -0.39 is 0 Å². The van der Waals surface area contributed by atoms with E-state index in [4.69, 9.17) is 5.73 Å². The zero-order valence-corrected chi connectivity index (χ0v) is 10.1. The summed E-state index contributed by atoms with van der Waals surface area (Å²) in [5.74, 6) is -0.420. The minimum absolute atomic E-state index is 0.000509. The third-order valence-electron chi connectivity index (χ3n) is 2.20. The number of likely N-dealkylation sites (N-methyl/N-ethyl adjacent to an activating group) is 1. The number of hydrogen-bond donors (Lipinski definition) is 2. The number of anilines is 1. The molecule has 0 fully saturated rings. The van der Waals surface area contributed by atoms with Crippen LogP contribution in [0.25, 0.3) is 0 Å². The molecule has 0 aliphatic carbocycles. The second kappa shape index (κ2) is 5.50. The van der Waals surface area contributed by atoms with E-state index in [0.29, 0.717) is 17.1 Å². The fraction of sp³-hybridized carbons (Fsp3) is 0.400. The number of hydrogen-bond acceptors (Lipinski definition) is 4. The zero-order chi connectivity index (χ0) is 12.1. The average molecular weight is 241 g/mol. The lowest BCUT2D eigenvalue weighted by Crippen LogP contribution is -2.37. The monoisotopic (exact) mass is 241 g/mol. The predicted octanol–water partition coefficient (Wildman–Crippen LogP) is 0.538. The van der Waals surface area contributed by atoms with Crippen LogP contribution in [0.15, 0.2) is 11.4 Å². The Hall–Kier alpha value is -1.56. The first kappa shape index (κ1) is 12.5. The molecule has 0 unspecified atom stereocenters. The van der Waals surface area contributed by atoms with Crippen molar-refractivity contribution in [1.82, 2.24) is 10.2 Å². The van der Waals surface area contributed by atoms with Crippen LogP contribution in [0.2, 0.25) is 0 Å². The summed E-state index contributed by atoms with van der Waals surface area (Å²) < 4.78 is 0. The molecule has 88 valence electrons. The van der Waals surface area contributed by atoms with Crippen LogP contribution in [0, 0.1) is 0 Å². The first-order chi connectivity index (χ1) is 7.56. The quantitative estimate of drug-likeness (QED) is 0.807. The second-order valence-electron chi connectivity index (χ2n) is 3.30. The highest BCUT2D eigenvalue weighted by atomic mass is 32.1. The normalized spacial score (nSPS) is 9.88. The summed E-state index contributed by atoms with van der Waals surface area (Å²) in [5.41, 5.74) is 6.03. The van der Waals surface area contributed by atoms with Crippen molar-refractivity contribution in [2.24, 2.45) is 0 Å². The number of amides is 2. The van der Waals surface area contributed by atoms with E-state index in [1.807, 2.05) is 6.92 Å². The van der Waals surface area contributed by atoms with Gasteiger partial charge in [0.1, 0.15) is 4.88 Å². The molecule has 1 heterocycles. The smallest absolute Gasteiger partial charge is 0.263 e. The van der Waals surface area contributed by atoms with Gasteiger partial charge in [-0.3, -0.25) is 9.59 Å². The minimum Gasteiger partial charge on any atom is -0.397 e.